The van der Waals surface area contributed by atoms with Gasteiger partial charge in [-0.3, -0.25) is 4.79 Å². The smallest absolute Gasteiger partial charge is 0.220 e. The summed E-state index contributed by atoms with van der Waals surface area (Å²) in [5.74, 6) is -0.481. The molecule has 1 heterocycles. The Kier molecular flexibility index (Phi) is 5.93. The Morgan fingerprint density at radius 1 is 1.17 bits per heavy atom. The molecule has 18 heavy (non-hydrogen) atoms. The van der Waals surface area contributed by atoms with Gasteiger partial charge in [-0.15, -0.1) is 0 Å². The topological polar surface area (TPSA) is 139 Å². The molecule has 0 unspecified atom stereocenters. The summed E-state index contributed by atoms with van der Waals surface area (Å²) in [7, 11) is 0. The number of amides is 1. The maximum atomic E-state index is 11.4. The third-order valence-corrected chi connectivity index (χ3v) is 2.79. The zero-order valence-corrected chi connectivity index (χ0v) is 9.77. The minimum atomic E-state index is -1.52. The normalized spacial score (nSPS) is 36.4. The van der Waals surface area contributed by atoms with Crippen LogP contribution in [0.25, 0.3) is 0 Å². The Bertz CT molecular complexity index is 275. The van der Waals surface area contributed by atoms with Crippen molar-refractivity contribution in [2.45, 2.75) is 43.5 Å². The Balaban J connectivity index is 2.57. The molecule has 0 bridgehead atoms. The van der Waals surface area contributed by atoms with Crippen LogP contribution in [-0.2, 0) is 9.53 Å². The standard InChI is InChI=1S/C10H19NO7/c12-3-1-2-6(14)11-7-9(16)8(15)5(4-13)18-10(7)17/h5,7-10,12-13,15-17H,1-4H2,(H,11,14)/t5-,7-,8-,9-,10+/m1/s1. The first-order chi connectivity index (χ1) is 8.51. The molecule has 0 radical (unpaired) electrons. The van der Waals surface area contributed by atoms with Gasteiger partial charge in [0.15, 0.2) is 6.29 Å². The maximum absolute atomic E-state index is 11.4. The Morgan fingerprint density at radius 3 is 2.39 bits per heavy atom. The van der Waals surface area contributed by atoms with Crippen molar-refractivity contribution < 1.29 is 35.1 Å². The molecule has 0 aromatic carbocycles. The lowest BCUT2D eigenvalue weighted by Crippen LogP contribution is -2.64. The highest BCUT2D eigenvalue weighted by Crippen LogP contribution is 2.19. The van der Waals surface area contributed by atoms with E-state index in [1.54, 1.807) is 0 Å². The molecule has 1 saturated heterocycles. The van der Waals surface area contributed by atoms with Gasteiger partial charge in [-0.2, -0.15) is 0 Å². The number of hydrogen-bond acceptors (Lipinski definition) is 7. The van der Waals surface area contributed by atoms with Gasteiger partial charge in [-0.05, 0) is 6.42 Å². The second-order valence-corrected chi connectivity index (χ2v) is 4.15. The van der Waals surface area contributed by atoms with E-state index in [-0.39, 0.29) is 19.4 Å². The number of nitrogens with one attached hydrogen (secondary N) is 1. The molecule has 0 aromatic rings. The van der Waals surface area contributed by atoms with Gasteiger partial charge in [-0.25, -0.2) is 0 Å². The number of aliphatic hydroxyl groups excluding tert-OH is 5. The van der Waals surface area contributed by atoms with E-state index in [4.69, 9.17) is 14.9 Å². The summed E-state index contributed by atoms with van der Waals surface area (Å²) in [6.45, 7) is -0.699. The van der Waals surface area contributed by atoms with Gasteiger partial charge in [0.05, 0.1) is 6.61 Å². The first-order valence-electron chi connectivity index (χ1n) is 5.72. The molecule has 0 saturated carbocycles. The third kappa shape index (κ3) is 3.61. The van der Waals surface area contributed by atoms with Crippen LogP contribution in [0.2, 0.25) is 0 Å². The van der Waals surface area contributed by atoms with Crippen molar-refractivity contribution in [1.29, 1.82) is 0 Å². The predicted molar refractivity (Wildman–Crippen MR) is 58.2 cm³/mol. The summed E-state index contributed by atoms with van der Waals surface area (Å²) in [6, 6.07) is -1.17. The average Bonchev–Trinajstić information content (AvgIpc) is 2.36. The minimum Gasteiger partial charge on any atom is -0.396 e. The Labute approximate surface area is 104 Å². The van der Waals surface area contributed by atoms with Crippen LogP contribution in [-0.4, -0.2) is 75.3 Å². The molecule has 1 aliphatic heterocycles. The van der Waals surface area contributed by atoms with Gasteiger partial charge >= 0.3 is 0 Å². The molecular weight excluding hydrogens is 246 g/mol. The number of hydrogen-bond donors (Lipinski definition) is 6. The van der Waals surface area contributed by atoms with Crippen LogP contribution in [0.3, 0.4) is 0 Å². The molecular formula is C10H19NO7. The van der Waals surface area contributed by atoms with Crippen molar-refractivity contribution in [1.82, 2.24) is 5.32 Å². The van der Waals surface area contributed by atoms with Crippen LogP contribution in [0, 0.1) is 0 Å². The first kappa shape index (κ1) is 15.3. The van der Waals surface area contributed by atoms with Crippen molar-refractivity contribution in [3.8, 4) is 0 Å². The van der Waals surface area contributed by atoms with Crippen LogP contribution in [0.4, 0.5) is 0 Å². The van der Waals surface area contributed by atoms with E-state index in [9.17, 15) is 20.1 Å². The van der Waals surface area contributed by atoms with Crippen molar-refractivity contribution in [2.24, 2.45) is 0 Å². The monoisotopic (exact) mass is 265 g/mol. The van der Waals surface area contributed by atoms with Crippen molar-refractivity contribution in [2.75, 3.05) is 13.2 Å². The van der Waals surface area contributed by atoms with Gasteiger partial charge in [0, 0.05) is 13.0 Å². The molecule has 0 aliphatic carbocycles. The number of ether oxygens (including phenoxy) is 1. The van der Waals surface area contributed by atoms with Crippen LogP contribution >= 0.6 is 0 Å². The second-order valence-electron chi connectivity index (χ2n) is 4.15. The molecule has 6 N–H and O–H groups in total. The van der Waals surface area contributed by atoms with Gasteiger partial charge in [0.1, 0.15) is 24.4 Å². The largest absolute Gasteiger partial charge is 0.396 e. The van der Waals surface area contributed by atoms with Crippen LogP contribution in [0.1, 0.15) is 12.8 Å². The van der Waals surface area contributed by atoms with Crippen LogP contribution in [0.5, 0.6) is 0 Å². The lowest BCUT2D eigenvalue weighted by Gasteiger charge is -2.40. The summed E-state index contributed by atoms with van der Waals surface area (Å²) in [6.07, 6.45) is -5.16. The second kappa shape index (κ2) is 6.98. The molecule has 8 heteroatoms. The van der Waals surface area contributed by atoms with E-state index in [1.165, 1.54) is 0 Å². The average molecular weight is 265 g/mol. The lowest BCUT2D eigenvalue weighted by molar-refractivity contribution is -0.253. The summed E-state index contributed by atoms with van der Waals surface area (Å²) in [4.78, 5) is 11.4. The molecule has 0 aromatic heterocycles. The highest BCUT2D eigenvalue weighted by atomic mass is 16.6. The lowest BCUT2D eigenvalue weighted by atomic mass is 9.97. The number of carbonyl (C=O) groups is 1. The van der Waals surface area contributed by atoms with Crippen molar-refractivity contribution >= 4 is 5.91 Å². The molecule has 5 atom stereocenters. The Hall–Kier alpha value is -0.770. The number of carbonyl (C=O) groups excluding carboxylic acids is 1. The zero-order valence-electron chi connectivity index (χ0n) is 9.77. The van der Waals surface area contributed by atoms with E-state index in [2.05, 4.69) is 5.32 Å². The number of rotatable bonds is 5. The van der Waals surface area contributed by atoms with Crippen LogP contribution < -0.4 is 5.32 Å². The molecule has 1 rings (SSSR count). The highest BCUT2D eigenvalue weighted by Gasteiger charge is 2.44. The fraction of sp³-hybridized carbons (Fsp3) is 0.900. The molecule has 1 aliphatic rings. The fourth-order valence-electron chi connectivity index (χ4n) is 1.75. The Morgan fingerprint density at radius 2 is 1.83 bits per heavy atom. The SMILES string of the molecule is O=C(CCCO)N[C@@H]1[C@@H](O)[C@H](O)[C@@H](CO)O[C@@H]1O. The van der Waals surface area contributed by atoms with E-state index in [0.29, 0.717) is 0 Å². The summed E-state index contributed by atoms with van der Waals surface area (Å²) >= 11 is 0. The molecule has 1 amide bonds. The third-order valence-electron chi connectivity index (χ3n) is 2.79. The maximum Gasteiger partial charge on any atom is 0.220 e. The van der Waals surface area contributed by atoms with E-state index < -0.39 is 43.2 Å². The zero-order chi connectivity index (χ0) is 13.7. The quantitative estimate of drug-likeness (QED) is 0.305. The highest BCUT2D eigenvalue weighted by molar-refractivity contribution is 5.76. The van der Waals surface area contributed by atoms with Gasteiger partial charge in [0.2, 0.25) is 5.91 Å². The van der Waals surface area contributed by atoms with Gasteiger partial charge < -0.3 is 35.6 Å². The summed E-state index contributed by atoms with van der Waals surface area (Å²) < 4.78 is 4.87. The minimum absolute atomic E-state index is 0.0337. The molecule has 0 spiro atoms. The van der Waals surface area contributed by atoms with Gasteiger partial charge in [0.25, 0.3) is 0 Å². The molecule has 1 fully saturated rings. The summed E-state index contributed by atoms with van der Waals surface area (Å²) in [5, 5.41) is 48.6. The molecule has 8 nitrogen and oxygen atoms in total. The number of aliphatic hydroxyl groups is 5. The van der Waals surface area contributed by atoms with Crippen LogP contribution in [0.15, 0.2) is 0 Å². The predicted octanol–water partition coefficient (Wildman–Crippen LogP) is -3.32. The van der Waals surface area contributed by atoms with Crippen molar-refractivity contribution in [3.05, 3.63) is 0 Å². The fourth-order valence-corrected chi connectivity index (χ4v) is 1.75. The van der Waals surface area contributed by atoms with Gasteiger partial charge in [-0.1, -0.05) is 0 Å². The van der Waals surface area contributed by atoms with E-state index in [0.717, 1.165) is 0 Å². The van der Waals surface area contributed by atoms with E-state index >= 15 is 0 Å². The molecule has 106 valence electrons. The first-order valence-corrected chi connectivity index (χ1v) is 5.72. The van der Waals surface area contributed by atoms with Crippen molar-refractivity contribution in [3.63, 3.8) is 0 Å². The van der Waals surface area contributed by atoms with E-state index in [1.807, 2.05) is 0 Å². The summed E-state index contributed by atoms with van der Waals surface area (Å²) in [5.41, 5.74) is 0.